The van der Waals surface area contributed by atoms with Crippen LogP contribution in [0.3, 0.4) is 0 Å². The normalized spacial score (nSPS) is 22.0. The lowest BCUT2D eigenvalue weighted by atomic mass is 9.71. The minimum atomic E-state index is -1.29. The highest BCUT2D eigenvalue weighted by Gasteiger charge is 2.47. The summed E-state index contributed by atoms with van der Waals surface area (Å²) < 4.78 is 32.4. The minimum absolute atomic E-state index is 0.000241. The molecule has 7 nitrogen and oxygen atoms in total. The summed E-state index contributed by atoms with van der Waals surface area (Å²) >= 11 is 6.25. The molecule has 0 radical (unpaired) electrons. The average molecular weight is 662 g/mol. The fraction of sp³-hybridized carbons (Fsp3) is 0.486. The van der Waals surface area contributed by atoms with Crippen LogP contribution in [0, 0.1) is 23.5 Å². The first-order chi connectivity index (χ1) is 22.7. The average Bonchev–Trinajstić information content (AvgIpc) is 3.87. The van der Waals surface area contributed by atoms with Crippen LogP contribution in [0.4, 0.5) is 20.3 Å². The van der Waals surface area contributed by atoms with Crippen molar-refractivity contribution in [3.63, 3.8) is 0 Å². The number of likely N-dealkylation sites (tertiary alicyclic amines) is 1. The molecule has 1 aromatic heterocycles. The van der Waals surface area contributed by atoms with Crippen LogP contribution >= 0.6 is 11.6 Å². The van der Waals surface area contributed by atoms with E-state index in [2.05, 4.69) is 22.5 Å². The Morgan fingerprint density at radius 2 is 1.83 bits per heavy atom. The van der Waals surface area contributed by atoms with E-state index in [9.17, 15) is 9.59 Å². The van der Waals surface area contributed by atoms with Gasteiger partial charge in [0.05, 0.1) is 16.6 Å². The zero-order valence-electron chi connectivity index (χ0n) is 27.0. The van der Waals surface area contributed by atoms with E-state index in [1.807, 2.05) is 24.3 Å². The molecule has 47 heavy (non-hydrogen) atoms. The number of carbonyl (C=O) groups excluding carboxylic acids is 2. The van der Waals surface area contributed by atoms with E-state index in [1.165, 1.54) is 37.9 Å². The van der Waals surface area contributed by atoms with Crippen LogP contribution in [0.1, 0.15) is 91.9 Å². The highest BCUT2D eigenvalue weighted by Crippen LogP contribution is 2.45. The molecule has 2 aromatic carbocycles. The number of hydrogen-bond donors (Lipinski definition) is 2. The third-order valence-electron chi connectivity index (χ3n) is 10.7. The molecule has 4 aliphatic rings. The molecule has 2 amide bonds. The number of carbonyl (C=O) groups is 2. The van der Waals surface area contributed by atoms with Gasteiger partial charge in [0.1, 0.15) is 5.82 Å². The Bertz CT molecular complexity index is 1670. The molecule has 7 rings (SSSR count). The highest BCUT2D eigenvalue weighted by atomic mass is 35.5. The summed E-state index contributed by atoms with van der Waals surface area (Å²) in [6, 6.07) is 12.6. The predicted octanol–water partition coefficient (Wildman–Crippen LogP) is 7.24. The van der Waals surface area contributed by atoms with Crippen molar-refractivity contribution >= 4 is 34.9 Å². The van der Waals surface area contributed by atoms with Gasteiger partial charge >= 0.3 is 0 Å². The van der Waals surface area contributed by atoms with Gasteiger partial charge in [0.2, 0.25) is 5.91 Å². The van der Waals surface area contributed by atoms with Crippen molar-refractivity contribution in [3.05, 3.63) is 87.6 Å². The smallest absolute Gasteiger partial charge is 0.260 e. The Hall–Kier alpha value is -3.56. The van der Waals surface area contributed by atoms with E-state index in [-0.39, 0.29) is 58.0 Å². The molecule has 3 heterocycles. The van der Waals surface area contributed by atoms with Gasteiger partial charge in [0, 0.05) is 60.0 Å². The van der Waals surface area contributed by atoms with Gasteiger partial charge in [-0.3, -0.25) is 9.59 Å². The van der Waals surface area contributed by atoms with E-state index in [4.69, 9.17) is 11.6 Å². The first-order valence-corrected chi connectivity index (χ1v) is 17.4. The number of rotatable bonds is 11. The molecule has 3 aromatic rings. The largest absolute Gasteiger partial charge is 0.361 e. The molecular weight excluding hydrogens is 620 g/mol. The molecule has 2 atom stereocenters. The third kappa shape index (κ3) is 6.01. The molecule has 0 bridgehead atoms. The fourth-order valence-corrected chi connectivity index (χ4v) is 7.59. The first kappa shape index (κ1) is 32.0. The van der Waals surface area contributed by atoms with Crippen LogP contribution in [-0.4, -0.2) is 53.9 Å². The minimum Gasteiger partial charge on any atom is -0.361 e. The van der Waals surface area contributed by atoms with E-state index in [1.54, 1.807) is 28.9 Å². The Kier molecular flexibility index (Phi) is 8.72. The van der Waals surface area contributed by atoms with Gasteiger partial charge in [-0.2, -0.15) is 0 Å². The number of amides is 2. The third-order valence-corrected chi connectivity index (χ3v) is 11.0. The van der Waals surface area contributed by atoms with Crippen molar-refractivity contribution in [1.82, 2.24) is 15.2 Å². The van der Waals surface area contributed by atoms with Crippen LogP contribution in [-0.2, 0) is 10.2 Å². The van der Waals surface area contributed by atoms with Crippen LogP contribution in [0.25, 0.3) is 0 Å². The summed E-state index contributed by atoms with van der Waals surface area (Å²) in [7, 11) is 0. The number of halogens is 3. The second-order valence-corrected chi connectivity index (χ2v) is 14.4. The topological polar surface area (TPSA) is 77.6 Å². The van der Waals surface area contributed by atoms with Crippen molar-refractivity contribution in [3.8, 4) is 0 Å². The molecule has 10 heteroatoms. The Labute approximate surface area is 280 Å². The first-order valence-electron chi connectivity index (χ1n) is 17.0. The van der Waals surface area contributed by atoms with Crippen molar-refractivity contribution in [1.29, 1.82) is 0 Å². The Morgan fingerprint density at radius 1 is 1.09 bits per heavy atom. The van der Waals surface area contributed by atoms with Crippen molar-refractivity contribution in [2.45, 2.75) is 76.3 Å². The number of hydrogen-bond acceptors (Lipinski definition) is 5. The molecule has 2 aliphatic carbocycles. The number of nitrogens with one attached hydrogen (secondary N) is 2. The summed E-state index contributed by atoms with van der Waals surface area (Å²) in [6.45, 7) is 5.81. The van der Waals surface area contributed by atoms with Gasteiger partial charge in [0.25, 0.3) is 5.91 Å². The highest BCUT2D eigenvalue weighted by molar-refractivity contribution is 6.30. The van der Waals surface area contributed by atoms with Crippen LogP contribution in [0.15, 0.2) is 48.7 Å². The van der Waals surface area contributed by atoms with Crippen LogP contribution in [0.5, 0.6) is 0 Å². The molecule has 2 aliphatic heterocycles. The zero-order chi connectivity index (χ0) is 32.9. The number of anilines is 2. The molecule has 1 saturated heterocycles. The quantitative estimate of drug-likeness (QED) is 0.227. The van der Waals surface area contributed by atoms with E-state index >= 15 is 8.78 Å². The van der Waals surface area contributed by atoms with Gasteiger partial charge in [-0.05, 0) is 68.8 Å². The maximum atomic E-state index is 16.6. The van der Waals surface area contributed by atoms with Gasteiger partial charge in [-0.15, -0.1) is 0 Å². The second-order valence-electron chi connectivity index (χ2n) is 14.0. The second kappa shape index (κ2) is 12.8. The van der Waals surface area contributed by atoms with Crippen molar-refractivity contribution in [2.75, 3.05) is 36.4 Å². The lowest BCUT2D eigenvalue weighted by molar-refractivity contribution is -0.136. The molecule has 2 saturated carbocycles. The van der Waals surface area contributed by atoms with Crippen LogP contribution in [0.2, 0.25) is 5.02 Å². The lowest BCUT2D eigenvalue weighted by Gasteiger charge is -2.43. The maximum absolute atomic E-state index is 16.6. The van der Waals surface area contributed by atoms with Crippen molar-refractivity contribution < 1.29 is 18.4 Å². The monoisotopic (exact) mass is 661 g/mol. The summed E-state index contributed by atoms with van der Waals surface area (Å²) in [5.74, 6) is -0.646. The summed E-state index contributed by atoms with van der Waals surface area (Å²) in [4.78, 5) is 34.2. The summed E-state index contributed by atoms with van der Waals surface area (Å²) in [5, 5.41) is 6.75. The molecule has 248 valence electrons. The predicted molar refractivity (Wildman–Crippen MR) is 180 cm³/mol. The SMILES string of the molecule is CCC(NCCC1CCC1)c1ccc(N2C[C@](C)(c3cccc(Cl)c3F)c3c(cnc(NC4CN(C(=O)C5CC5)C4)c3F)C2=O)cc1. The van der Waals surface area contributed by atoms with E-state index in [0.717, 1.165) is 37.3 Å². The van der Waals surface area contributed by atoms with Gasteiger partial charge < -0.3 is 20.4 Å². The van der Waals surface area contributed by atoms with E-state index in [0.29, 0.717) is 18.8 Å². The van der Waals surface area contributed by atoms with Gasteiger partial charge in [-0.25, -0.2) is 13.8 Å². The Balaban J connectivity index is 1.17. The Morgan fingerprint density at radius 3 is 2.49 bits per heavy atom. The van der Waals surface area contributed by atoms with Crippen LogP contribution < -0.4 is 15.5 Å². The number of aromatic nitrogens is 1. The number of fused-ring (bicyclic) bond motifs is 1. The van der Waals surface area contributed by atoms with Gasteiger partial charge in [-0.1, -0.05) is 62.1 Å². The number of pyridine rings is 1. The molecule has 2 N–H and O–H groups in total. The molecule has 3 fully saturated rings. The zero-order valence-corrected chi connectivity index (χ0v) is 27.8. The lowest BCUT2D eigenvalue weighted by Crippen LogP contribution is -2.57. The fourth-order valence-electron chi connectivity index (χ4n) is 7.42. The summed E-state index contributed by atoms with van der Waals surface area (Å²) in [5.41, 5.74) is 0.843. The standard InChI is InChI=1S/C37H42ClF2N5O2/c1-3-30(41-17-16-22-6-4-7-22)23-12-14-26(15-13-23)45-21-37(2,28-8-5-9-29(38)32(28)39)31-27(36(45)47)18-42-34(33(31)40)43-25-19-44(20-25)35(46)24-10-11-24/h5,8-9,12-15,18,22,24-25,30,41H,3-4,6-7,10-11,16-17,19-21H2,1-2H3,(H,42,43)/t30?,37-/m1/s1. The van der Waals surface area contributed by atoms with Crippen molar-refractivity contribution in [2.24, 2.45) is 11.8 Å². The molecule has 1 unspecified atom stereocenters. The number of nitrogens with zero attached hydrogens (tertiary/aromatic N) is 3. The van der Waals surface area contributed by atoms with E-state index < -0.39 is 23.0 Å². The molecule has 0 spiro atoms. The summed E-state index contributed by atoms with van der Waals surface area (Å²) in [6.07, 6.45) is 9.37. The number of benzene rings is 2. The molecular formula is C37H42ClF2N5O2. The van der Waals surface area contributed by atoms with Gasteiger partial charge in [0.15, 0.2) is 11.6 Å². The maximum Gasteiger partial charge on any atom is 0.260 e.